The van der Waals surface area contributed by atoms with Crippen molar-refractivity contribution in [2.75, 3.05) is 0 Å². The normalized spacial score (nSPS) is 13.7. The van der Waals surface area contributed by atoms with Gasteiger partial charge in [0.2, 0.25) is 0 Å². The van der Waals surface area contributed by atoms with Gasteiger partial charge in [0.25, 0.3) is 0 Å². The molecule has 2 atom stereocenters. The second-order valence-electron chi connectivity index (χ2n) is 5.37. The third-order valence-corrected chi connectivity index (χ3v) is 3.38. The summed E-state index contributed by atoms with van der Waals surface area (Å²) in [7, 11) is 0. The smallest absolute Gasteiger partial charge is 0.114 e. The average molecular weight is 268 g/mol. The van der Waals surface area contributed by atoms with E-state index in [0.29, 0.717) is 12.8 Å². The van der Waals surface area contributed by atoms with Gasteiger partial charge in [0.15, 0.2) is 0 Å². The first-order valence-corrected chi connectivity index (χ1v) is 8.05. The van der Waals surface area contributed by atoms with Crippen molar-refractivity contribution in [3.63, 3.8) is 0 Å². The lowest BCUT2D eigenvalue weighted by Crippen LogP contribution is -2.05. The Kier molecular flexibility index (Phi) is 13.5. The monoisotopic (exact) mass is 268 g/mol. The van der Waals surface area contributed by atoms with Gasteiger partial charge in [-0.15, -0.1) is 0 Å². The summed E-state index contributed by atoms with van der Waals surface area (Å²) in [6, 6.07) is 0. The van der Waals surface area contributed by atoms with E-state index in [1.54, 1.807) is 0 Å². The van der Waals surface area contributed by atoms with Crippen LogP contribution in [0.1, 0.15) is 84.5 Å². The molecule has 2 N–H and O–H groups in total. The van der Waals surface area contributed by atoms with Crippen molar-refractivity contribution in [3.8, 4) is 11.8 Å². The molecule has 2 nitrogen and oxygen atoms in total. The van der Waals surface area contributed by atoms with Gasteiger partial charge in [-0.05, 0) is 12.8 Å². The van der Waals surface area contributed by atoms with Crippen molar-refractivity contribution >= 4 is 0 Å². The molecule has 0 aromatic heterocycles. The molecule has 112 valence electrons. The highest BCUT2D eigenvalue weighted by Crippen LogP contribution is 2.11. The van der Waals surface area contributed by atoms with E-state index < -0.39 is 6.10 Å². The van der Waals surface area contributed by atoms with Crippen molar-refractivity contribution < 1.29 is 10.2 Å². The summed E-state index contributed by atoms with van der Waals surface area (Å²) in [4.78, 5) is 0. The topological polar surface area (TPSA) is 40.5 Å². The van der Waals surface area contributed by atoms with Gasteiger partial charge < -0.3 is 10.2 Å². The minimum absolute atomic E-state index is 0.323. The first-order valence-electron chi connectivity index (χ1n) is 8.05. The summed E-state index contributed by atoms with van der Waals surface area (Å²) in [6.45, 7) is 4.14. The van der Waals surface area contributed by atoms with Gasteiger partial charge in [-0.2, -0.15) is 0 Å². The molecule has 2 heteroatoms. The Labute approximate surface area is 119 Å². The number of hydrogen-bond donors (Lipinski definition) is 2. The molecule has 0 rings (SSSR count). The molecule has 0 amide bonds. The average Bonchev–Trinajstić information content (AvgIpc) is 2.41. The third kappa shape index (κ3) is 13.7. The molecule has 0 heterocycles. The molecule has 0 aromatic rings. The summed E-state index contributed by atoms with van der Waals surface area (Å²) >= 11 is 0. The zero-order valence-corrected chi connectivity index (χ0v) is 12.8. The van der Waals surface area contributed by atoms with Gasteiger partial charge in [-0.1, -0.05) is 77.1 Å². The quantitative estimate of drug-likeness (QED) is 0.438. The zero-order chi connectivity index (χ0) is 14.3. The van der Waals surface area contributed by atoms with Crippen LogP contribution in [0.25, 0.3) is 0 Å². The van der Waals surface area contributed by atoms with E-state index in [-0.39, 0.29) is 6.10 Å². The van der Waals surface area contributed by atoms with E-state index in [4.69, 9.17) is 0 Å². The van der Waals surface area contributed by atoms with E-state index in [1.165, 1.54) is 44.9 Å². The first kappa shape index (κ1) is 18.5. The summed E-state index contributed by atoms with van der Waals surface area (Å²) in [6.07, 6.45) is 11.5. The Bertz CT molecular complexity index is 239. The molecule has 19 heavy (non-hydrogen) atoms. The predicted molar refractivity (Wildman–Crippen MR) is 81.9 cm³/mol. The molecule has 2 unspecified atom stereocenters. The van der Waals surface area contributed by atoms with E-state index >= 15 is 0 Å². The molecule has 0 aliphatic rings. The van der Waals surface area contributed by atoms with Crippen LogP contribution in [0.15, 0.2) is 0 Å². The van der Waals surface area contributed by atoms with Gasteiger partial charge in [-0.25, -0.2) is 0 Å². The Morgan fingerprint density at radius 3 is 2.00 bits per heavy atom. The SMILES string of the molecule is CCCCCCCCCCC(O)CC#CC(O)CC. The number of unbranched alkanes of at least 4 members (excludes halogenated alkanes) is 7. The van der Waals surface area contributed by atoms with Crippen molar-refractivity contribution in [2.45, 2.75) is 96.7 Å². The van der Waals surface area contributed by atoms with Crippen LogP contribution in [0.2, 0.25) is 0 Å². The van der Waals surface area contributed by atoms with Crippen LogP contribution in [0, 0.1) is 11.8 Å². The largest absolute Gasteiger partial charge is 0.392 e. The van der Waals surface area contributed by atoms with E-state index in [9.17, 15) is 10.2 Å². The fraction of sp³-hybridized carbons (Fsp3) is 0.882. The molecular formula is C17H32O2. The molecule has 0 fully saturated rings. The predicted octanol–water partition coefficient (Wildman–Crippen LogP) is 4.04. The Morgan fingerprint density at radius 1 is 0.842 bits per heavy atom. The molecular weight excluding hydrogens is 236 g/mol. The number of hydrogen-bond acceptors (Lipinski definition) is 2. The Balaban J connectivity index is 3.33. The highest BCUT2D eigenvalue weighted by molar-refractivity contribution is 5.04. The molecule has 0 radical (unpaired) electrons. The van der Waals surface area contributed by atoms with Crippen LogP contribution in [0.5, 0.6) is 0 Å². The maximum absolute atomic E-state index is 9.72. The second kappa shape index (κ2) is 13.9. The highest BCUT2D eigenvalue weighted by atomic mass is 16.3. The number of rotatable bonds is 11. The summed E-state index contributed by atoms with van der Waals surface area (Å²) in [5.74, 6) is 5.60. The minimum atomic E-state index is -0.532. The summed E-state index contributed by atoms with van der Waals surface area (Å²) in [5.41, 5.74) is 0. The van der Waals surface area contributed by atoms with Crippen LogP contribution in [-0.4, -0.2) is 22.4 Å². The minimum Gasteiger partial charge on any atom is -0.392 e. The second-order valence-corrected chi connectivity index (χ2v) is 5.37. The van der Waals surface area contributed by atoms with Crippen molar-refractivity contribution in [3.05, 3.63) is 0 Å². The fourth-order valence-electron chi connectivity index (χ4n) is 2.01. The maximum atomic E-state index is 9.72. The van der Waals surface area contributed by atoms with E-state index in [2.05, 4.69) is 18.8 Å². The van der Waals surface area contributed by atoms with Crippen LogP contribution in [-0.2, 0) is 0 Å². The molecule has 0 aliphatic heterocycles. The zero-order valence-electron chi connectivity index (χ0n) is 12.8. The Morgan fingerprint density at radius 2 is 1.42 bits per heavy atom. The van der Waals surface area contributed by atoms with Crippen LogP contribution in [0.4, 0.5) is 0 Å². The van der Waals surface area contributed by atoms with Crippen LogP contribution in [0.3, 0.4) is 0 Å². The van der Waals surface area contributed by atoms with Gasteiger partial charge in [0, 0.05) is 6.42 Å². The van der Waals surface area contributed by atoms with Gasteiger partial charge in [-0.3, -0.25) is 0 Å². The molecule has 0 bridgehead atoms. The number of aliphatic hydroxyl groups is 2. The lowest BCUT2D eigenvalue weighted by atomic mass is 10.0. The van der Waals surface area contributed by atoms with Crippen molar-refractivity contribution in [1.29, 1.82) is 0 Å². The van der Waals surface area contributed by atoms with Crippen molar-refractivity contribution in [2.24, 2.45) is 0 Å². The van der Waals surface area contributed by atoms with E-state index in [0.717, 1.165) is 12.8 Å². The molecule has 0 aromatic carbocycles. The Hall–Kier alpha value is -0.520. The van der Waals surface area contributed by atoms with Gasteiger partial charge in [0.1, 0.15) is 6.10 Å². The summed E-state index contributed by atoms with van der Waals surface area (Å²) in [5, 5.41) is 19.0. The molecule has 0 saturated carbocycles. The molecule has 0 saturated heterocycles. The lowest BCUT2D eigenvalue weighted by Gasteiger charge is -2.06. The summed E-state index contributed by atoms with van der Waals surface area (Å²) < 4.78 is 0. The molecule has 0 aliphatic carbocycles. The van der Waals surface area contributed by atoms with E-state index in [1.807, 2.05) is 6.92 Å². The van der Waals surface area contributed by atoms with Crippen molar-refractivity contribution in [1.82, 2.24) is 0 Å². The third-order valence-electron chi connectivity index (χ3n) is 3.38. The van der Waals surface area contributed by atoms with Crippen LogP contribution >= 0.6 is 0 Å². The van der Waals surface area contributed by atoms with Gasteiger partial charge in [0.05, 0.1) is 6.10 Å². The van der Waals surface area contributed by atoms with Crippen LogP contribution < -0.4 is 0 Å². The highest BCUT2D eigenvalue weighted by Gasteiger charge is 2.01. The lowest BCUT2D eigenvalue weighted by molar-refractivity contribution is 0.165. The standard InChI is InChI=1S/C17H32O2/c1-3-5-6-7-8-9-10-11-13-17(19)15-12-14-16(18)4-2/h16-19H,3-11,13,15H2,1-2H3. The fourth-order valence-corrected chi connectivity index (χ4v) is 2.01. The first-order chi connectivity index (χ1) is 9.20. The molecule has 0 spiro atoms. The van der Waals surface area contributed by atoms with Gasteiger partial charge >= 0.3 is 0 Å². The maximum Gasteiger partial charge on any atom is 0.114 e. The number of aliphatic hydroxyl groups excluding tert-OH is 2.